The predicted octanol–water partition coefficient (Wildman–Crippen LogP) is 4.85. The number of rotatable bonds is 7. The van der Waals surface area contributed by atoms with Gasteiger partial charge in [-0.3, -0.25) is 4.79 Å². The number of Topliss-reactive ketones (excluding diaryl/α,β-unsaturated/α-hetero) is 1. The number of aryl methyl sites for hydroxylation is 2. The fourth-order valence-corrected chi connectivity index (χ4v) is 3.58. The molecule has 0 N–H and O–H groups in total. The van der Waals surface area contributed by atoms with Gasteiger partial charge in [-0.1, -0.05) is 36.4 Å². The van der Waals surface area contributed by atoms with Crippen LogP contribution in [0, 0.1) is 20.8 Å². The lowest BCUT2D eigenvalue weighted by molar-refractivity contribution is 0.102. The minimum absolute atomic E-state index is 0.0838. The lowest BCUT2D eigenvalue weighted by Gasteiger charge is -2.07. The van der Waals surface area contributed by atoms with Gasteiger partial charge in [-0.15, -0.1) is 10.2 Å². The van der Waals surface area contributed by atoms with Crippen LogP contribution in [0.5, 0.6) is 0 Å². The van der Waals surface area contributed by atoms with Crippen molar-refractivity contribution in [1.29, 1.82) is 0 Å². The van der Waals surface area contributed by atoms with Gasteiger partial charge in [0, 0.05) is 29.1 Å². The van der Waals surface area contributed by atoms with Gasteiger partial charge in [0.25, 0.3) is 5.22 Å². The lowest BCUT2D eigenvalue weighted by Crippen LogP contribution is -2.06. The Hall–Kier alpha value is -2.34. The summed E-state index contributed by atoms with van der Waals surface area (Å²) >= 11 is 1.28. The van der Waals surface area contributed by atoms with E-state index in [1.54, 1.807) is 0 Å². The van der Waals surface area contributed by atoms with Crippen molar-refractivity contribution in [3.63, 3.8) is 0 Å². The summed E-state index contributed by atoms with van der Waals surface area (Å²) in [5.41, 5.74) is 4.98. The molecule has 0 unspecified atom stereocenters. The van der Waals surface area contributed by atoms with Gasteiger partial charge in [0.15, 0.2) is 5.78 Å². The molecule has 3 aromatic rings. The van der Waals surface area contributed by atoms with Crippen molar-refractivity contribution in [2.75, 3.05) is 5.75 Å². The van der Waals surface area contributed by atoms with Crippen molar-refractivity contribution < 1.29 is 9.21 Å². The van der Waals surface area contributed by atoms with E-state index in [2.05, 4.69) is 21.7 Å². The molecule has 0 amide bonds. The van der Waals surface area contributed by atoms with Crippen LogP contribution in [0.4, 0.5) is 0 Å². The van der Waals surface area contributed by atoms with Gasteiger partial charge in [0.05, 0.1) is 5.75 Å². The standard InChI is InChI=1S/C20H23N3O2S/c1-5-10-23-14(3)11-17(15(23)4)18(24)12-26-20-22-21-19(25-20)16-8-6-13(2)7-9-16/h6-9,11H,5,10,12H2,1-4H3. The Labute approximate surface area is 157 Å². The molecule has 1 aromatic carbocycles. The minimum atomic E-state index is 0.0838. The minimum Gasteiger partial charge on any atom is -0.411 e. The summed E-state index contributed by atoms with van der Waals surface area (Å²) < 4.78 is 7.87. The van der Waals surface area contributed by atoms with Crippen molar-refractivity contribution in [2.24, 2.45) is 0 Å². The van der Waals surface area contributed by atoms with Crippen LogP contribution >= 0.6 is 11.8 Å². The highest BCUT2D eigenvalue weighted by atomic mass is 32.2. The molecule has 0 fully saturated rings. The highest BCUT2D eigenvalue weighted by molar-refractivity contribution is 7.99. The van der Waals surface area contributed by atoms with Gasteiger partial charge in [-0.25, -0.2) is 0 Å². The number of nitrogens with zero attached hydrogens (tertiary/aromatic N) is 3. The maximum atomic E-state index is 12.6. The first-order valence-electron chi connectivity index (χ1n) is 8.73. The molecule has 0 spiro atoms. The van der Waals surface area contributed by atoms with E-state index in [0.29, 0.717) is 11.1 Å². The summed E-state index contributed by atoms with van der Waals surface area (Å²) in [6.07, 6.45) is 1.04. The Morgan fingerprint density at radius 3 is 2.58 bits per heavy atom. The number of ketones is 1. The van der Waals surface area contributed by atoms with Crippen LogP contribution < -0.4 is 0 Å². The van der Waals surface area contributed by atoms with E-state index in [4.69, 9.17) is 4.42 Å². The number of hydrogen-bond acceptors (Lipinski definition) is 5. The molecule has 0 saturated heterocycles. The summed E-state index contributed by atoms with van der Waals surface area (Å²) in [5.74, 6) is 0.841. The quantitative estimate of drug-likeness (QED) is 0.440. The monoisotopic (exact) mass is 369 g/mol. The van der Waals surface area contributed by atoms with E-state index >= 15 is 0 Å². The second-order valence-electron chi connectivity index (χ2n) is 6.39. The third-order valence-electron chi connectivity index (χ3n) is 4.35. The van der Waals surface area contributed by atoms with Gasteiger partial charge in [0.2, 0.25) is 5.89 Å². The molecule has 0 aliphatic heterocycles. The van der Waals surface area contributed by atoms with Crippen LogP contribution in [0.1, 0.15) is 40.7 Å². The molecular weight excluding hydrogens is 346 g/mol. The number of thioether (sulfide) groups is 1. The zero-order valence-corrected chi connectivity index (χ0v) is 16.4. The molecule has 3 rings (SSSR count). The normalized spacial score (nSPS) is 11.1. The number of aromatic nitrogens is 3. The van der Waals surface area contributed by atoms with Crippen LogP contribution in [0.3, 0.4) is 0 Å². The Bertz CT molecular complexity index is 910. The van der Waals surface area contributed by atoms with Crippen molar-refractivity contribution in [3.05, 3.63) is 52.8 Å². The summed E-state index contributed by atoms with van der Waals surface area (Å²) in [6, 6.07) is 9.87. The zero-order valence-electron chi connectivity index (χ0n) is 15.6. The Morgan fingerprint density at radius 2 is 1.88 bits per heavy atom. The first-order valence-corrected chi connectivity index (χ1v) is 9.71. The summed E-state index contributed by atoms with van der Waals surface area (Å²) in [6.45, 7) is 9.14. The van der Waals surface area contributed by atoms with E-state index < -0.39 is 0 Å². The molecule has 0 radical (unpaired) electrons. The van der Waals surface area contributed by atoms with Crippen LogP contribution in [0.15, 0.2) is 40.0 Å². The number of carbonyl (C=O) groups is 1. The molecular formula is C20H23N3O2S. The fourth-order valence-electron chi connectivity index (χ4n) is 2.94. The van der Waals surface area contributed by atoms with E-state index in [-0.39, 0.29) is 11.5 Å². The third-order valence-corrected chi connectivity index (χ3v) is 5.17. The first-order chi connectivity index (χ1) is 12.5. The van der Waals surface area contributed by atoms with E-state index in [0.717, 1.165) is 35.5 Å². The van der Waals surface area contributed by atoms with Crippen molar-refractivity contribution >= 4 is 17.5 Å². The zero-order chi connectivity index (χ0) is 18.7. The van der Waals surface area contributed by atoms with Gasteiger partial charge in [-0.2, -0.15) is 0 Å². The van der Waals surface area contributed by atoms with Crippen molar-refractivity contribution in [3.8, 4) is 11.5 Å². The molecule has 26 heavy (non-hydrogen) atoms. The molecule has 136 valence electrons. The van der Waals surface area contributed by atoms with Crippen LogP contribution in [0.25, 0.3) is 11.5 Å². The Balaban J connectivity index is 1.67. The maximum Gasteiger partial charge on any atom is 0.277 e. The average molecular weight is 369 g/mol. The number of benzene rings is 1. The number of carbonyl (C=O) groups excluding carboxylic acids is 1. The maximum absolute atomic E-state index is 12.6. The smallest absolute Gasteiger partial charge is 0.277 e. The van der Waals surface area contributed by atoms with Crippen LogP contribution in [-0.4, -0.2) is 26.3 Å². The topological polar surface area (TPSA) is 60.9 Å². The van der Waals surface area contributed by atoms with Crippen molar-refractivity contribution in [2.45, 2.75) is 45.9 Å². The van der Waals surface area contributed by atoms with Gasteiger partial charge in [0.1, 0.15) is 0 Å². The summed E-state index contributed by atoms with van der Waals surface area (Å²) in [4.78, 5) is 12.6. The second-order valence-corrected chi connectivity index (χ2v) is 7.31. The van der Waals surface area contributed by atoms with E-state index in [1.165, 1.54) is 17.3 Å². The first kappa shape index (κ1) is 18.5. The lowest BCUT2D eigenvalue weighted by atomic mass is 10.1. The van der Waals surface area contributed by atoms with E-state index in [1.807, 2.05) is 51.1 Å². The molecule has 6 heteroatoms. The second kappa shape index (κ2) is 7.91. The van der Waals surface area contributed by atoms with Gasteiger partial charge < -0.3 is 8.98 Å². The molecule has 0 aliphatic carbocycles. The predicted molar refractivity (Wildman–Crippen MR) is 104 cm³/mol. The number of hydrogen-bond donors (Lipinski definition) is 0. The van der Waals surface area contributed by atoms with Gasteiger partial charge >= 0.3 is 0 Å². The van der Waals surface area contributed by atoms with Gasteiger partial charge in [-0.05, 0) is 45.4 Å². The molecule has 0 atom stereocenters. The van der Waals surface area contributed by atoms with Crippen molar-refractivity contribution in [1.82, 2.24) is 14.8 Å². The Morgan fingerprint density at radius 1 is 1.15 bits per heavy atom. The van der Waals surface area contributed by atoms with Crippen LogP contribution in [-0.2, 0) is 6.54 Å². The van der Waals surface area contributed by atoms with E-state index in [9.17, 15) is 4.79 Å². The molecule has 0 bridgehead atoms. The Kier molecular flexibility index (Phi) is 5.61. The fraction of sp³-hybridized carbons (Fsp3) is 0.350. The molecule has 0 aliphatic rings. The molecule has 2 heterocycles. The SMILES string of the molecule is CCCn1c(C)cc(C(=O)CSc2nnc(-c3ccc(C)cc3)o2)c1C. The highest BCUT2D eigenvalue weighted by Crippen LogP contribution is 2.25. The largest absolute Gasteiger partial charge is 0.411 e. The molecule has 2 aromatic heterocycles. The third kappa shape index (κ3) is 3.90. The average Bonchev–Trinajstić information content (AvgIpc) is 3.21. The highest BCUT2D eigenvalue weighted by Gasteiger charge is 2.17. The molecule has 5 nitrogen and oxygen atoms in total. The molecule has 0 saturated carbocycles. The summed E-state index contributed by atoms with van der Waals surface area (Å²) in [7, 11) is 0. The van der Waals surface area contributed by atoms with Crippen LogP contribution in [0.2, 0.25) is 0 Å². The summed E-state index contributed by atoms with van der Waals surface area (Å²) in [5, 5.41) is 8.53.